The molecule has 1 aromatic heterocycles. The zero-order valence-corrected chi connectivity index (χ0v) is 13.4. The first-order valence-corrected chi connectivity index (χ1v) is 7.40. The summed E-state index contributed by atoms with van der Waals surface area (Å²) < 4.78 is 38.0. The van der Waals surface area contributed by atoms with E-state index in [-0.39, 0.29) is 12.5 Å². The van der Waals surface area contributed by atoms with Gasteiger partial charge in [-0.2, -0.15) is 13.2 Å². The van der Waals surface area contributed by atoms with Crippen LogP contribution >= 0.6 is 0 Å². The molecule has 1 aliphatic heterocycles. The highest BCUT2D eigenvalue weighted by Gasteiger charge is 2.41. The molecule has 0 atom stereocenters. The minimum Gasteiger partial charge on any atom is -0.327 e. The summed E-state index contributed by atoms with van der Waals surface area (Å²) >= 11 is 0. The number of carbonyl (C=O) groups is 1. The Balaban J connectivity index is 2.01. The third-order valence-electron chi connectivity index (χ3n) is 4.38. The fourth-order valence-electron chi connectivity index (χ4n) is 3.03. The summed E-state index contributed by atoms with van der Waals surface area (Å²) in [5.41, 5.74) is 1.82. The van der Waals surface area contributed by atoms with Crippen LogP contribution in [0.4, 0.5) is 19.1 Å². The smallest absolute Gasteiger partial charge is 0.327 e. The molecular weight excluding hydrogens is 337 g/mol. The van der Waals surface area contributed by atoms with Gasteiger partial charge < -0.3 is 4.90 Å². The van der Waals surface area contributed by atoms with Gasteiger partial charge in [0, 0.05) is 24.5 Å². The van der Waals surface area contributed by atoms with Crippen molar-refractivity contribution in [2.45, 2.75) is 32.1 Å². The van der Waals surface area contributed by atoms with Gasteiger partial charge in [-0.15, -0.1) is 0 Å². The van der Waals surface area contributed by atoms with Crippen molar-refractivity contribution in [1.82, 2.24) is 15.4 Å². The monoisotopic (exact) mass is 352 g/mol. The lowest BCUT2D eigenvalue weighted by molar-refractivity contribution is -0.138. The molecule has 0 fully saturated rings. The molecule has 0 spiro atoms. The number of rotatable bonds is 2. The van der Waals surface area contributed by atoms with Crippen molar-refractivity contribution >= 4 is 11.9 Å². The predicted octanol–water partition coefficient (Wildman–Crippen LogP) is 2.87. The number of amides is 1. The van der Waals surface area contributed by atoms with Crippen LogP contribution in [0, 0.1) is 0 Å². The number of carbonyl (C=O) groups excluding carboxylic acids is 1. The fraction of sp³-hybridized carbons (Fsp3) is 0.312. The second-order valence-electron chi connectivity index (χ2n) is 6.19. The first-order valence-electron chi connectivity index (χ1n) is 7.40. The summed E-state index contributed by atoms with van der Waals surface area (Å²) in [7, 11) is 0. The van der Waals surface area contributed by atoms with Crippen molar-refractivity contribution in [1.29, 1.82) is 0 Å². The normalized spacial score (nSPS) is 15.8. The van der Waals surface area contributed by atoms with Gasteiger partial charge in [0.2, 0.25) is 5.95 Å². The van der Waals surface area contributed by atoms with Gasteiger partial charge >= 0.3 is 6.18 Å². The molecule has 0 saturated carbocycles. The molecule has 0 radical (unpaired) electrons. The number of benzene rings is 1. The highest BCUT2D eigenvalue weighted by molar-refractivity contribution is 5.95. The first-order chi connectivity index (χ1) is 11.7. The Morgan fingerprint density at radius 1 is 1.28 bits per heavy atom. The number of nitrogens with zero attached hydrogens (tertiary/aromatic N) is 3. The minimum atomic E-state index is -4.51. The molecular formula is C16H15F3N4O2. The molecule has 1 aliphatic rings. The van der Waals surface area contributed by atoms with Crippen LogP contribution in [0.25, 0.3) is 0 Å². The maximum absolute atomic E-state index is 12.7. The summed E-state index contributed by atoms with van der Waals surface area (Å²) in [5.74, 6) is -0.521. The topological polar surface area (TPSA) is 78.4 Å². The van der Waals surface area contributed by atoms with Gasteiger partial charge in [0.05, 0.1) is 11.1 Å². The number of aromatic nitrogens is 2. The molecule has 6 nitrogen and oxygen atoms in total. The number of alkyl halides is 3. The molecule has 0 aliphatic carbocycles. The van der Waals surface area contributed by atoms with Gasteiger partial charge in [0.15, 0.2) is 0 Å². The van der Waals surface area contributed by atoms with Crippen molar-refractivity contribution in [3.05, 3.63) is 52.8 Å². The van der Waals surface area contributed by atoms with E-state index in [1.165, 1.54) is 0 Å². The third-order valence-corrected chi connectivity index (χ3v) is 4.38. The van der Waals surface area contributed by atoms with Crippen molar-refractivity contribution in [2.75, 3.05) is 4.90 Å². The number of anilines is 1. The van der Waals surface area contributed by atoms with Gasteiger partial charge in [-0.05, 0) is 31.0 Å². The summed E-state index contributed by atoms with van der Waals surface area (Å²) in [6.07, 6.45) is -3.03. The van der Waals surface area contributed by atoms with Crippen LogP contribution in [0.15, 0.2) is 30.6 Å². The molecule has 1 aromatic carbocycles. The first kappa shape index (κ1) is 17.2. The van der Waals surface area contributed by atoms with E-state index >= 15 is 0 Å². The molecule has 1 amide bonds. The molecule has 2 N–H and O–H groups in total. The number of hydroxylamine groups is 1. The maximum Gasteiger partial charge on any atom is 0.419 e. The quantitative estimate of drug-likeness (QED) is 0.642. The summed E-state index contributed by atoms with van der Waals surface area (Å²) in [6, 6.07) is 5.08. The minimum absolute atomic E-state index is 0.129. The maximum atomic E-state index is 12.7. The molecule has 3 rings (SSSR count). The number of nitrogens with one attached hydrogen (secondary N) is 1. The Bertz CT molecular complexity index is 819. The molecule has 0 unspecified atom stereocenters. The van der Waals surface area contributed by atoms with Crippen LogP contribution in [0.1, 0.15) is 40.9 Å². The Hall–Kier alpha value is -2.68. The van der Waals surface area contributed by atoms with Gasteiger partial charge in [0.25, 0.3) is 5.91 Å². The third kappa shape index (κ3) is 2.80. The van der Waals surface area contributed by atoms with Crippen molar-refractivity contribution in [3.63, 3.8) is 0 Å². The van der Waals surface area contributed by atoms with E-state index in [0.717, 1.165) is 18.0 Å². The molecule has 0 saturated heterocycles. The Morgan fingerprint density at radius 2 is 1.92 bits per heavy atom. The molecule has 25 heavy (non-hydrogen) atoms. The highest BCUT2D eigenvalue weighted by Crippen LogP contribution is 2.42. The average molecular weight is 352 g/mol. The molecule has 2 aromatic rings. The zero-order valence-electron chi connectivity index (χ0n) is 13.4. The lowest BCUT2D eigenvalue weighted by Gasteiger charge is -2.32. The average Bonchev–Trinajstić information content (AvgIpc) is 2.85. The van der Waals surface area contributed by atoms with Crippen LogP contribution in [-0.2, 0) is 18.3 Å². The van der Waals surface area contributed by atoms with E-state index in [1.54, 1.807) is 22.5 Å². The molecule has 0 bridgehead atoms. The number of fused-ring (bicyclic) bond motifs is 1. The van der Waals surface area contributed by atoms with E-state index in [0.29, 0.717) is 11.1 Å². The van der Waals surface area contributed by atoms with Crippen molar-refractivity contribution in [2.24, 2.45) is 0 Å². The van der Waals surface area contributed by atoms with Crippen molar-refractivity contribution in [3.8, 4) is 0 Å². The molecule has 132 valence electrons. The lowest BCUT2D eigenvalue weighted by Crippen LogP contribution is -2.36. The van der Waals surface area contributed by atoms with Gasteiger partial charge in [-0.25, -0.2) is 15.4 Å². The predicted molar refractivity (Wildman–Crippen MR) is 81.9 cm³/mol. The van der Waals surface area contributed by atoms with E-state index in [9.17, 15) is 18.0 Å². The molecule has 2 heterocycles. The Morgan fingerprint density at radius 3 is 2.48 bits per heavy atom. The summed E-state index contributed by atoms with van der Waals surface area (Å²) in [4.78, 5) is 21.3. The van der Waals surface area contributed by atoms with Crippen LogP contribution < -0.4 is 10.4 Å². The van der Waals surface area contributed by atoms with E-state index in [4.69, 9.17) is 5.21 Å². The van der Waals surface area contributed by atoms with E-state index < -0.39 is 23.2 Å². The molecule has 9 heteroatoms. The largest absolute Gasteiger partial charge is 0.419 e. The second-order valence-corrected chi connectivity index (χ2v) is 6.19. The van der Waals surface area contributed by atoms with Crippen molar-refractivity contribution < 1.29 is 23.2 Å². The fourth-order valence-corrected chi connectivity index (χ4v) is 3.03. The zero-order chi connectivity index (χ0) is 18.4. The van der Waals surface area contributed by atoms with Crippen LogP contribution in [-0.4, -0.2) is 21.1 Å². The Kier molecular flexibility index (Phi) is 3.91. The SMILES string of the molecule is CC1(C)c2cccc(C(=O)NO)c2CN1c1ncc(C(F)(F)F)cn1. The van der Waals surface area contributed by atoms with Crippen LogP contribution in [0.3, 0.4) is 0 Å². The number of hydrogen-bond acceptors (Lipinski definition) is 5. The van der Waals surface area contributed by atoms with Gasteiger partial charge in [-0.3, -0.25) is 10.0 Å². The van der Waals surface area contributed by atoms with Crippen LogP contribution in [0.5, 0.6) is 0 Å². The van der Waals surface area contributed by atoms with E-state index in [2.05, 4.69) is 9.97 Å². The Labute approximate surface area is 141 Å². The summed E-state index contributed by atoms with van der Waals surface area (Å²) in [6.45, 7) is 3.96. The standard InChI is InChI=1S/C16H15F3N4O2/c1-15(2)12-5-3-4-10(13(24)22-25)11(12)8-23(15)14-20-6-9(7-21-14)16(17,18)19/h3-7,25H,8H2,1-2H3,(H,22,24). The second kappa shape index (κ2) is 5.69. The number of hydrogen-bond donors (Lipinski definition) is 2. The van der Waals surface area contributed by atoms with Crippen LogP contribution in [0.2, 0.25) is 0 Å². The number of halogens is 3. The van der Waals surface area contributed by atoms with Gasteiger partial charge in [-0.1, -0.05) is 12.1 Å². The highest BCUT2D eigenvalue weighted by atomic mass is 19.4. The van der Waals surface area contributed by atoms with Gasteiger partial charge in [0.1, 0.15) is 0 Å². The lowest BCUT2D eigenvalue weighted by atomic mass is 9.91. The summed E-state index contributed by atoms with van der Waals surface area (Å²) in [5, 5.41) is 8.89. The van der Waals surface area contributed by atoms with E-state index in [1.807, 2.05) is 19.9 Å².